The number of hydrogen-bond donors (Lipinski definition) is 1. The molecule has 0 saturated carbocycles. The Bertz CT molecular complexity index is 466. The highest BCUT2D eigenvalue weighted by molar-refractivity contribution is 6.30. The van der Waals surface area contributed by atoms with Crippen molar-refractivity contribution in [2.75, 3.05) is 39.8 Å². The van der Waals surface area contributed by atoms with Gasteiger partial charge in [0, 0.05) is 25.2 Å². The Morgan fingerprint density at radius 1 is 1.48 bits per heavy atom. The Morgan fingerprint density at radius 2 is 2.19 bits per heavy atom. The van der Waals surface area contributed by atoms with Crippen molar-refractivity contribution in [2.24, 2.45) is 0 Å². The van der Waals surface area contributed by atoms with Gasteiger partial charge in [-0.1, -0.05) is 11.6 Å². The predicted octanol–water partition coefficient (Wildman–Crippen LogP) is 1.24. The number of halogens is 1. The summed E-state index contributed by atoms with van der Waals surface area (Å²) in [7, 11) is 1.76. The Balaban J connectivity index is 1.67. The summed E-state index contributed by atoms with van der Waals surface area (Å²) in [5, 5.41) is 10.1. The van der Waals surface area contributed by atoms with E-state index < -0.39 is 0 Å². The topological polar surface area (TPSA) is 53.0 Å². The van der Waals surface area contributed by atoms with E-state index in [2.05, 4.69) is 0 Å². The second-order valence-corrected chi connectivity index (χ2v) is 5.73. The molecule has 0 bridgehead atoms. The molecule has 1 amide bonds. The van der Waals surface area contributed by atoms with Gasteiger partial charge in [-0.15, -0.1) is 0 Å². The number of carbonyl (C=O) groups is 1. The van der Waals surface area contributed by atoms with Gasteiger partial charge in [0.05, 0.1) is 19.2 Å². The van der Waals surface area contributed by atoms with Gasteiger partial charge in [0.15, 0.2) is 0 Å². The van der Waals surface area contributed by atoms with Crippen LogP contribution in [0.3, 0.4) is 0 Å². The van der Waals surface area contributed by atoms with Gasteiger partial charge >= 0.3 is 0 Å². The molecular weight excluding hydrogens is 292 g/mol. The summed E-state index contributed by atoms with van der Waals surface area (Å²) in [5.41, 5.74) is 0. The number of β-amino-alcohol motifs (C(OH)–C–C–N with tert-alkyl or cyclic N) is 1. The first-order valence-corrected chi connectivity index (χ1v) is 7.45. The van der Waals surface area contributed by atoms with E-state index in [4.69, 9.17) is 16.3 Å². The highest BCUT2D eigenvalue weighted by Gasteiger charge is 2.23. The lowest BCUT2D eigenvalue weighted by atomic mass is 10.3. The standard InChI is InChI=1S/C15H21ClN2O3/c1-17(15(20)11-18-7-6-13(19)10-18)8-9-21-14-4-2-12(16)3-5-14/h2-5,13,19H,6-11H2,1H3/t13-/m0/s1. The number of aliphatic hydroxyl groups is 1. The Morgan fingerprint density at radius 3 is 2.81 bits per heavy atom. The lowest BCUT2D eigenvalue weighted by Crippen LogP contribution is -2.39. The summed E-state index contributed by atoms with van der Waals surface area (Å²) in [6.45, 7) is 2.68. The molecule has 1 aromatic carbocycles. The number of amides is 1. The van der Waals surface area contributed by atoms with Gasteiger partial charge in [-0.25, -0.2) is 0 Å². The van der Waals surface area contributed by atoms with Crippen molar-refractivity contribution in [1.82, 2.24) is 9.80 Å². The second kappa shape index (κ2) is 7.64. The van der Waals surface area contributed by atoms with Crippen LogP contribution in [0.5, 0.6) is 5.75 Å². The van der Waals surface area contributed by atoms with Gasteiger partial charge in [0.1, 0.15) is 12.4 Å². The van der Waals surface area contributed by atoms with Crippen molar-refractivity contribution in [3.8, 4) is 5.75 Å². The van der Waals surface area contributed by atoms with Gasteiger partial charge < -0.3 is 14.7 Å². The number of rotatable bonds is 6. The van der Waals surface area contributed by atoms with Crippen LogP contribution in [0.4, 0.5) is 0 Å². The number of benzene rings is 1. The van der Waals surface area contributed by atoms with E-state index >= 15 is 0 Å². The first-order valence-electron chi connectivity index (χ1n) is 7.07. The number of aliphatic hydroxyl groups excluding tert-OH is 1. The average molecular weight is 313 g/mol. The number of hydrogen-bond acceptors (Lipinski definition) is 4. The monoisotopic (exact) mass is 312 g/mol. The van der Waals surface area contributed by atoms with Gasteiger partial charge in [-0.05, 0) is 30.7 Å². The van der Waals surface area contributed by atoms with E-state index in [1.54, 1.807) is 36.2 Å². The van der Waals surface area contributed by atoms with Crippen LogP contribution >= 0.6 is 11.6 Å². The van der Waals surface area contributed by atoms with Crippen molar-refractivity contribution in [3.05, 3.63) is 29.3 Å². The molecule has 6 heteroatoms. The van der Waals surface area contributed by atoms with Gasteiger partial charge in [0.25, 0.3) is 0 Å². The van der Waals surface area contributed by atoms with E-state index in [1.807, 2.05) is 4.90 Å². The van der Waals surface area contributed by atoms with Crippen LogP contribution in [0.1, 0.15) is 6.42 Å². The molecule has 0 aromatic heterocycles. The average Bonchev–Trinajstić information content (AvgIpc) is 2.86. The number of ether oxygens (including phenoxy) is 1. The third-order valence-electron chi connectivity index (χ3n) is 3.54. The number of likely N-dealkylation sites (N-methyl/N-ethyl adjacent to an activating group) is 1. The summed E-state index contributed by atoms with van der Waals surface area (Å²) in [4.78, 5) is 15.7. The van der Waals surface area contributed by atoms with Gasteiger partial charge in [-0.2, -0.15) is 0 Å². The molecule has 0 spiro atoms. The fraction of sp³-hybridized carbons (Fsp3) is 0.533. The quantitative estimate of drug-likeness (QED) is 0.859. The van der Waals surface area contributed by atoms with E-state index in [9.17, 15) is 9.90 Å². The molecule has 116 valence electrons. The van der Waals surface area contributed by atoms with Gasteiger partial charge in [-0.3, -0.25) is 9.69 Å². The molecule has 1 heterocycles. The Hall–Kier alpha value is -1.30. The molecule has 2 rings (SSSR count). The molecule has 1 fully saturated rings. The van der Waals surface area contributed by atoms with Crippen LogP contribution in [0, 0.1) is 0 Å². The zero-order valence-corrected chi connectivity index (χ0v) is 12.9. The van der Waals surface area contributed by atoms with Crippen LogP contribution in [0.25, 0.3) is 0 Å². The first kappa shape index (κ1) is 16.1. The molecule has 1 atom stereocenters. The molecule has 1 saturated heterocycles. The zero-order valence-electron chi connectivity index (χ0n) is 12.2. The fourth-order valence-corrected chi connectivity index (χ4v) is 2.35. The summed E-state index contributed by atoms with van der Waals surface area (Å²) < 4.78 is 5.56. The summed E-state index contributed by atoms with van der Waals surface area (Å²) in [6, 6.07) is 7.14. The summed E-state index contributed by atoms with van der Waals surface area (Å²) >= 11 is 5.80. The largest absolute Gasteiger partial charge is 0.492 e. The lowest BCUT2D eigenvalue weighted by molar-refractivity contribution is -0.131. The van der Waals surface area contributed by atoms with E-state index in [0.717, 1.165) is 18.7 Å². The minimum atomic E-state index is -0.295. The van der Waals surface area contributed by atoms with Crippen molar-refractivity contribution >= 4 is 17.5 Å². The maximum absolute atomic E-state index is 12.0. The van der Waals surface area contributed by atoms with E-state index in [-0.39, 0.29) is 12.0 Å². The van der Waals surface area contributed by atoms with Crippen molar-refractivity contribution in [2.45, 2.75) is 12.5 Å². The summed E-state index contributed by atoms with van der Waals surface area (Å²) in [6.07, 6.45) is 0.452. The molecule has 1 aliphatic rings. The third-order valence-corrected chi connectivity index (χ3v) is 3.79. The first-order chi connectivity index (χ1) is 10.0. The molecule has 1 N–H and O–H groups in total. The molecule has 1 aromatic rings. The molecule has 0 radical (unpaired) electrons. The smallest absolute Gasteiger partial charge is 0.236 e. The van der Waals surface area contributed by atoms with Crippen molar-refractivity contribution < 1.29 is 14.6 Å². The maximum atomic E-state index is 12.0. The highest BCUT2D eigenvalue weighted by atomic mass is 35.5. The minimum Gasteiger partial charge on any atom is -0.492 e. The van der Waals surface area contributed by atoms with Crippen LogP contribution < -0.4 is 4.74 Å². The Labute approximate surface area is 130 Å². The van der Waals surface area contributed by atoms with Crippen LogP contribution in [-0.4, -0.2) is 66.8 Å². The van der Waals surface area contributed by atoms with Crippen molar-refractivity contribution in [3.63, 3.8) is 0 Å². The predicted molar refractivity (Wildman–Crippen MR) is 81.6 cm³/mol. The number of nitrogens with zero attached hydrogens (tertiary/aromatic N) is 2. The van der Waals surface area contributed by atoms with E-state index in [0.29, 0.717) is 31.3 Å². The maximum Gasteiger partial charge on any atom is 0.236 e. The van der Waals surface area contributed by atoms with Gasteiger partial charge in [0.2, 0.25) is 5.91 Å². The van der Waals surface area contributed by atoms with Crippen molar-refractivity contribution in [1.29, 1.82) is 0 Å². The third kappa shape index (κ3) is 5.19. The zero-order chi connectivity index (χ0) is 15.2. The van der Waals surface area contributed by atoms with Crippen LogP contribution in [-0.2, 0) is 4.79 Å². The lowest BCUT2D eigenvalue weighted by Gasteiger charge is -2.21. The molecule has 5 nitrogen and oxygen atoms in total. The number of likely N-dealkylation sites (tertiary alicyclic amines) is 1. The fourth-order valence-electron chi connectivity index (χ4n) is 2.22. The van der Waals surface area contributed by atoms with Crippen LogP contribution in [0.2, 0.25) is 5.02 Å². The normalized spacial score (nSPS) is 18.7. The molecule has 21 heavy (non-hydrogen) atoms. The summed E-state index contributed by atoms with van der Waals surface area (Å²) in [5.74, 6) is 0.784. The molecule has 1 aliphatic heterocycles. The Kier molecular flexibility index (Phi) is 5.85. The SMILES string of the molecule is CN(CCOc1ccc(Cl)cc1)C(=O)CN1CC[C@H](O)C1. The molecule has 0 aliphatic carbocycles. The second-order valence-electron chi connectivity index (χ2n) is 5.30. The van der Waals surface area contributed by atoms with E-state index in [1.165, 1.54) is 0 Å². The van der Waals surface area contributed by atoms with Crippen LogP contribution in [0.15, 0.2) is 24.3 Å². The number of carbonyl (C=O) groups excluding carboxylic acids is 1. The minimum absolute atomic E-state index is 0.0452. The highest BCUT2D eigenvalue weighted by Crippen LogP contribution is 2.15. The molecular formula is C15H21ClN2O3. The molecule has 0 unspecified atom stereocenters.